The molecule has 0 aliphatic carbocycles. The van der Waals surface area contributed by atoms with Gasteiger partial charge in [0, 0.05) is 38.3 Å². The Morgan fingerprint density at radius 2 is 1.11 bits per heavy atom. The van der Waals surface area contributed by atoms with Crippen molar-refractivity contribution in [3.05, 3.63) is 71.8 Å². The summed E-state index contributed by atoms with van der Waals surface area (Å²) >= 11 is 0. The molecule has 1 saturated heterocycles. The first-order valence-corrected chi connectivity index (χ1v) is 13.9. The Kier molecular flexibility index (Phi) is 14.8. The molecular weight excluding hydrogens is 602 g/mol. The Bertz CT molecular complexity index is 1370. The fourth-order valence-corrected chi connectivity index (χ4v) is 4.75. The monoisotopic (exact) mass is 643 g/mol. The number of hydrogen-bond donors (Lipinski definition) is 1. The van der Waals surface area contributed by atoms with Gasteiger partial charge in [-0.25, -0.2) is 0 Å². The number of piperazine rings is 1. The minimum absolute atomic E-state index is 0. The van der Waals surface area contributed by atoms with Crippen molar-refractivity contribution in [3.8, 4) is 34.5 Å². The van der Waals surface area contributed by atoms with Gasteiger partial charge in [0.25, 0.3) is 0 Å². The summed E-state index contributed by atoms with van der Waals surface area (Å²) in [6.07, 6.45) is 13.5. The summed E-state index contributed by atoms with van der Waals surface area (Å²) in [5, 5.41) is 0. The third kappa shape index (κ3) is 9.44. The van der Waals surface area contributed by atoms with Crippen LogP contribution in [0.15, 0.2) is 60.7 Å². The number of nitrogens with two attached hydrogens (primary N) is 1. The molecule has 2 aromatic rings. The van der Waals surface area contributed by atoms with E-state index in [-0.39, 0.29) is 36.8 Å². The van der Waals surface area contributed by atoms with Crippen LogP contribution in [0.3, 0.4) is 0 Å². The molecule has 2 amide bonds. The van der Waals surface area contributed by atoms with Crippen molar-refractivity contribution in [2.24, 2.45) is 5.73 Å². The van der Waals surface area contributed by atoms with Gasteiger partial charge in [-0.05, 0) is 35.4 Å². The van der Waals surface area contributed by atoms with Crippen LogP contribution >= 0.6 is 12.4 Å². The minimum atomic E-state index is -0.299. The molecule has 1 atom stereocenters. The molecular formula is C33H42ClN3O8. The van der Waals surface area contributed by atoms with Crippen LogP contribution in [0, 0.1) is 0 Å². The molecule has 1 aliphatic rings. The van der Waals surface area contributed by atoms with Crippen LogP contribution in [0.4, 0.5) is 0 Å². The minimum Gasteiger partial charge on any atom is -0.493 e. The molecule has 244 valence electrons. The van der Waals surface area contributed by atoms with E-state index in [4.69, 9.17) is 34.2 Å². The smallest absolute Gasteiger partial charge is 0.246 e. The van der Waals surface area contributed by atoms with E-state index in [2.05, 4.69) is 0 Å². The van der Waals surface area contributed by atoms with Gasteiger partial charge in [-0.15, -0.1) is 12.4 Å². The molecule has 0 aromatic heterocycles. The molecule has 45 heavy (non-hydrogen) atoms. The summed E-state index contributed by atoms with van der Waals surface area (Å²) in [5.41, 5.74) is 7.63. The number of halogens is 1. The van der Waals surface area contributed by atoms with Crippen LogP contribution in [0.5, 0.6) is 34.5 Å². The molecule has 1 fully saturated rings. The molecule has 1 unspecified atom stereocenters. The lowest BCUT2D eigenvalue weighted by molar-refractivity contribution is -0.137. The van der Waals surface area contributed by atoms with Crippen molar-refractivity contribution in [2.75, 3.05) is 68.8 Å². The van der Waals surface area contributed by atoms with Crippen molar-refractivity contribution in [1.29, 1.82) is 0 Å². The van der Waals surface area contributed by atoms with Crippen LogP contribution in [0.25, 0.3) is 12.2 Å². The third-order valence-corrected chi connectivity index (χ3v) is 7.00. The van der Waals surface area contributed by atoms with Gasteiger partial charge in [0.05, 0.1) is 48.7 Å². The molecule has 11 nitrogen and oxygen atoms in total. The highest BCUT2D eigenvalue weighted by atomic mass is 35.5. The second-order valence-electron chi connectivity index (χ2n) is 9.56. The first kappa shape index (κ1) is 36.6. The molecule has 1 heterocycles. The predicted octanol–water partition coefficient (Wildman–Crippen LogP) is 4.00. The average molecular weight is 644 g/mol. The van der Waals surface area contributed by atoms with E-state index in [0.717, 1.165) is 11.1 Å². The zero-order valence-corrected chi connectivity index (χ0v) is 27.3. The van der Waals surface area contributed by atoms with Crippen molar-refractivity contribution in [3.63, 3.8) is 0 Å². The van der Waals surface area contributed by atoms with E-state index in [1.807, 2.05) is 36.4 Å². The molecule has 1 aliphatic heterocycles. The van der Waals surface area contributed by atoms with E-state index >= 15 is 0 Å². The second-order valence-corrected chi connectivity index (χ2v) is 9.56. The molecule has 0 spiro atoms. The van der Waals surface area contributed by atoms with E-state index in [9.17, 15) is 9.59 Å². The molecule has 3 rings (SSSR count). The Balaban J connectivity index is 0.00000705. The fourth-order valence-electron chi connectivity index (χ4n) is 4.75. The number of benzene rings is 2. The predicted molar refractivity (Wildman–Crippen MR) is 177 cm³/mol. The van der Waals surface area contributed by atoms with Crippen LogP contribution in [0.1, 0.15) is 11.1 Å². The van der Waals surface area contributed by atoms with E-state index < -0.39 is 0 Å². The lowest BCUT2D eigenvalue weighted by Gasteiger charge is -2.40. The highest BCUT2D eigenvalue weighted by Crippen LogP contribution is 2.39. The topological polar surface area (TPSA) is 122 Å². The summed E-state index contributed by atoms with van der Waals surface area (Å²) in [6, 6.07) is 6.95. The number of rotatable bonds is 13. The van der Waals surface area contributed by atoms with Gasteiger partial charge in [0.1, 0.15) is 0 Å². The van der Waals surface area contributed by atoms with Gasteiger partial charge in [0.2, 0.25) is 23.3 Å². The number of allylic oxidation sites excluding steroid dienone is 4. The Labute approximate surface area is 270 Å². The summed E-state index contributed by atoms with van der Waals surface area (Å²) < 4.78 is 32.2. The van der Waals surface area contributed by atoms with Crippen molar-refractivity contribution >= 4 is 36.4 Å². The summed E-state index contributed by atoms with van der Waals surface area (Å²) in [5.74, 6) is 2.83. The van der Waals surface area contributed by atoms with Gasteiger partial charge in [-0.2, -0.15) is 0 Å². The van der Waals surface area contributed by atoms with Crippen LogP contribution in [-0.2, 0) is 9.59 Å². The van der Waals surface area contributed by atoms with Gasteiger partial charge < -0.3 is 44.0 Å². The number of carbonyl (C=O) groups excluding carboxylic acids is 2. The maximum atomic E-state index is 13.0. The van der Waals surface area contributed by atoms with Crippen molar-refractivity contribution in [1.82, 2.24) is 9.80 Å². The fraction of sp³-hybridized carbons (Fsp3) is 0.333. The van der Waals surface area contributed by atoms with Gasteiger partial charge in [0.15, 0.2) is 23.0 Å². The summed E-state index contributed by atoms with van der Waals surface area (Å²) in [6.45, 7) is 1.35. The number of hydrogen-bond acceptors (Lipinski definition) is 9. The van der Waals surface area contributed by atoms with E-state index in [1.54, 1.807) is 76.8 Å². The van der Waals surface area contributed by atoms with Gasteiger partial charge in [-0.3, -0.25) is 9.59 Å². The Morgan fingerprint density at radius 1 is 0.689 bits per heavy atom. The van der Waals surface area contributed by atoms with Crippen LogP contribution in [0.2, 0.25) is 0 Å². The maximum Gasteiger partial charge on any atom is 0.246 e. The summed E-state index contributed by atoms with van der Waals surface area (Å²) in [7, 11) is 9.31. The van der Waals surface area contributed by atoms with Crippen LogP contribution < -0.4 is 34.2 Å². The number of ether oxygens (including phenoxy) is 6. The average Bonchev–Trinajstić information content (AvgIpc) is 3.06. The molecule has 2 aromatic carbocycles. The normalized spacial score (nSPS) is 15.0. The number of carbonyl (C=O) groups is 2. The Morgan fingerprint density at radius 3 is 1.49 bits per heavy atom. The highest BCUT2D eigenvalue weighted by molar-refractivity contribution is 5.90. The summed E-state index contributed by atoms with van der Waals surface area (Å²) in [4.78, 5) is 29.2. The molecule has 12 heteroatoms. The zero-order valence-electron chi connectivity index (χ0n) is 26.5. The first-order chi connectivity index (χ1) is 21.3. The maximum absolute atomic E-state index is 13.0. The molecule has 0 saturated carbocycles. The Hall–Kier alpha value is -4.61. The lowest BCUT2D eigenvalue weighted by Crippen LogP contribution is -2.58. The molecule has 0 bridgehead atoms. The number of methoxy groups -OCH3 is 6. The molecule has 2 N–H and O–H groups in total. The standard InChI is InChI=1S/C33H41N3O8.ClH/c1-39-26-17-23(18-27(40-2)32(26)43-5)11-7-9-13-30(37)35-15-16-36(25(21-34)22-35)31(38)14-10-8-12-24-19-28(41-3)33(44-6)29(20-24)42-4;/h7-14,17-20,25H,15-16,21-22,34H2,1-6H3;1H/b11-7+,12-8+,13-9+,14-10+;. The molecule has 0 radical (unpaired) electrons. The SMILES string of the molecule is COc1cc(/C=C/C=C/C(=O)N2CCN(C(=O)/C=C/C=C/c3cc(OC)c(OC)c(OC)c3)C(CN)C2)cc(OC)c1OC.Cl. The largest absolute Gasteiger partial charge is 0.493 e. The van der Waals surface area contributed by atoms with Crippen LogP contribution in [-0.4, -0.2) is 96.5 Å². The quantitative estimate of drug-likeness (QED) is 0.255. The highest BCUT2D eigenvalue weighted by Gasteiger charge is 2.30. The second kappa shape index (κ2) is 18.3. The van der Waals surface area contributed by atoms with E-state index in [1.165, 1.54) is 12.2 Å². The lowest BCUT2D eigenvalue weighted by atomic mass is 10.1. The van der Waals surface area contributed by atoms with Gasteiger partial charge >= 0.3 is 0 Å². The van der Waals surface area contributed by atoms with Crippen molar-refractivity contribution < 1.29 is 38.0 Å². The van der Waals surface area contributed by atoms with E-state index in [0.29, 0.717) is 54.1 Å². The number of nitrogens with zero attached hydrogens (tertiary/aromatic N) is 2. The zero-order chi connectivity index (χ0) is 32.1. The first-order valence-electron chi connectivity index (χ1n) is 13.9. The number of amides is 2. The van der Waals surface area contributed by atoms with Crippen molar-refractivity contribution in [2.45, 2.75) is 6.04 Å². The van der Waals surface area contributed by atoms with Gasteiger partial charge in [-0.1, -0.05) is 36.5 Å². The third-order valence-electron chi connectivity index (χ3n) is 7.00.